The lowest BCUT2D eigenvalue weighted by Crippen LogP contribution is -2.42. The molecule has 1 aliphatic rings. The Balaban J connectivity index is 0.00000106. The Kier molecular flexibility index (Phi) is 10.4. The number of carboxylic acids is 2. The highest BCUT2D eigenvalue weighted by atomic mass is 32.2. The second-order valence-corrected chi connectivity index (χ2v) is 10.8. The minimum Gasteiger partial charge on any atom is -0.550 e. The molecule has 0 spiro atoms. The lowest BCUT2D eigenvalue weighted by atomic mass is 10.1. The number of nitrogens with two attached hydrogens (primary N) is 1. The highest BCUT2D eigenvalue weighted by Crippen LogP contribution is 2.20. The minimum absolute atomic E-state index is 0.0253. The van der Waals surface area contributed by atoms with E-state index in [0.717, 1.165) is 0 Å². The lowest BCUT2D eigenvalue weighted by molar-refractivity contribution is -0.305. The Morgan fingerprint density at radius 3 is 2.47 bits per heavy atom. The minimum atomic E-state index is -1.39. The van der Waals surface area contributed by atoms with Gasteiger partial charge in [-0.25, -0.2) is 4.79 Å². The zero-order valence-corrected chi connectivity index (χ0v) is 21.0. The topological polar surface area (TPSA) is 214 Å². The van der Waals surface area contributed by atoms with Gasteiger partial charge in [-0.05, 0) is 48.0 Å². The monoisotopic (exact) mass is 521 g/mol. The summed E-state index contributed by atoms with van der Waals surface area (Å²) >= 11 is 0. The molecule has 2 atom stereocenters. The largest absolute Gasteiger partial charge is 0.550 e. The van der Waals surface area contributed by atoms with E-state index in [-0.39, 0.29) is 29.5 Å². The summed E-state index contributed by atoms with van der Waals surface area (Å²) in [7, 11) is 0.639. The first-order valence-electron chi connectivity index (χ1n) is 10.9. The Bertz CT molecular complexity index is 1120. The quantitative estimate of drug-likeness (QED) is 0.196. The van der Waals surface area contributed by atoms with Crippen molar-refractivity contribution in [2.45, 2.75) is 24.9 Å². The van der Waals surface area contributed by atoms with E-state index in [1.807, 2.05) is 0 Å². The first-order chi connectivity index (χ1) is 17.0. The average Bonchev–Trinajstić information content (AvgIpc) is 2.80. The van der Waals surface area contributed by atoms with Crippen LogP contribution in [0.3, 0.4) is 0 Å². The molecular weight excluding hydrogens is 490 g/mol. The maximum atomic E-state index is 12.3. The molecule has 13 nitrogen and oxygen atoms in total. The number of rotatable bonds is 9. The molecule has 1 aromatic heterocycles. The number of nitrogens with zero attached hydrogens (tertiary/aromatic N) is 1. The molecule has 0 bridgehead atoms. The number of benzene rings is 1. The van der Waals surface area contributed by atoms with E-state index in [2.05, 4.69) is 50.0 Å². The van der Waals surface area contributed by atoms with Crippen LogP contribution in [0.15, 0.2) is 29.1 Å². The van der Waals surface area contributed by atoms with Gasteiger partial charge in [-0.2, -0.15) is 4.98 Å². The zero-order chi connectivity index (χ0) is 26.8. The van der Waals surface area contributed by atoms with E-state index in [4.69, 9.17) is 10.8 Å². The van der Waals surface area contributed by atoms with Gasteiger partial charge in [0.25, 0.3) is 11.5 Å². The van der Waals surface area contributed by atoms with Crippen LogP contribution in [-0.2, 0) is 20.5 Å². The van der Waals surface area contributed by atoms with Crippen molar-refractivity contribution in [1.82, 2.24) is 15.3 Å². The number of anilines is 4. The van der Waals surface area contributed by atoms with E-state index >= 15 is 0 Å². The van der Waals surface area contributed by atoms with E-state index in [0.29, 0.717) is 41.2 Å². The maximum Gasteiger partial charge on any atom is 0.326 e. The molecule has 2 heterocycles. The molecule has 0 radical (unpaired) electrons. The van der Waals surface area contributed by atoms with E-state index in [1.165, 1.54) is 12.1 Å². The van der Waals surface area contributed by atoms with Crippen LogP contribution in [0, 0.1) is 0 Å². The fourth-order valence-electron chi connectivity index (χ4n) is 3.09. The zero-order valence-electron chi connectivity index (χ0n) is 20.2. The first kappa shape index (κ1) is 28.3. The molecule has 0 aliphatic carbocycles. The molecule has 14 heteroatoms. The van der Waals surface area contributed by atoms with Gasteiger partial charge in [-0.3, -0.25) is 14.6 Å². The third kappa shape index (κ3) is 9.02. The number of aliphatic carboxylic acids is 2. The van der Waals surface area contributed by atoms with Gasteiger partial charge in [0.2, 0.25) is 5.95 Å². The summed E-state index contributed by atoms with van der Waals surface area (Å²) in [6.45, 7) is 0.949. The number of fused-ring (bicyclic) bond motifs is 1. The van der Waals surface area contributed by atoms with E-state index < -0.39 is 30.3 Å². The van der Waals surface area contributed by atoms with Crippen molar-refractivity contribution in [2.75, 3.05) is 53.5 Å². The number of carboxylic acid groups (broad SMARTS) is 2. The molecule has 2 unspecified atom stereocenters. The molecule has 1 aromatic carbocycles. The number of aromatic amines is 1. The van der Waals surface area contributed by atoms with Crippen LogP contribution in [0.5, 0.6) is 0 Å². The Labute approximate surface area is 210 Å². The fraction of sp³-hybridized carbons (Fsp3) is 0.409. The predicted octanol–water partition coefficient (Wildman–Crippen LogP) is -1.12. The smallest absolute Gasteiger partial charge is 0.326 e. The van der Waals surface area contributed by atoms with Gasteiger partial charge < -0.3 is 42.0 Å². The maximum absolute atomic E-state index is 12.3. The van der Waals surface area contributed by atoms with Gasteiger partial charge in [0, 0.05) is 30.3 Å². The molecule has 0 saturated carbocycles. The summed E-state index contributed by atoms with van der Waals surface area (Å²) in [5.74, 6) is -2.95. The second-order valence-electron chi connectivity index (χ2n) is 8.35. The number of carbonyl (C=O) groups excluding carboxylic acids is 2. The van der Waals surface area contributed by atoms with Crippen LogP contribution in [0.1, 0.15) is 23.2 Å². The number of hydrogen-bond donors (Lipinski definition) is 7. The van der Waals surface area contributed by atoms with Crippen molar-refractivity contribution in [1.29, 1.82) is 0 Å². The number of aromatic nitrogens is 2. The highest BCUT2D eigenvalue weighted by Gasteiger charge is 2.22. The van der Waals surface area contributed by atoms with Crippen molar-refractivity contribution in [2.24, 2.45) is 0 Å². The number of carbonyl (C=O) groups is 3. The summed E-state index contributed by atoms with van der Waals surface area (Å²) in [5, 5.41) is 31.3. The highest BCUT2D eigenvalue weighted by molar-refractivity contribution is 7.94. The number of nitrogens with one attached hydrogen (secondary N) is 5. The molecule has 196 valence electrons. The number of hydrogen-bond acceptors (Lipinski definition) is 10. The molecule has 2 aromatic rings. The number of H-pyrrole nitrogens is 1. The molecule has 8 N–H and O–H groups in total. The predicted molar refractivity (Wildman–Crippen MR) is 138 cm³/mol. The molecule has 1 amide bonds. The molecule has 1 aliphatic heterocycles. The molecular formula is C22H31N7O6S. The second kappa shape index (κ2) is 13.2. The van der Waals surface area contributed by atoms with Gasteiger partial charge in [-0.15, -0.1) is 0 Å². The molecule has 36 heavy (non-hydrogen) atoms. The lowest BCUT2D eigenvalue weighted by Gasteiger charge is -2.27. The molecule has 0 saturated heterocycles. The molecule has 3 rings (SSSR count). The van der Waals surface area contributed by atoms with Crippen molar-refractivity contribution in [3.05, 3.63) is 40.2 Å². The summed E-state index contributed by atoms with van der Waals surface area (Å²) in [6, 6.07) is 4.84. The normalized spacial score (nSPS) is 14.7. The van der Waals surface area contributed by atoms with Crippen molar-refractivity contribution < 1.29 is 24.6 Å². The molecule has 0 fully saturated rings. The van der Waals surface area contributed by atoms with Crippen LogP contribution in [0.4, 0.5) is 23.1 Å². The van der Waals surface area contributed by atoms with E-state index in [9.17, 15) is 24.3 Å². The third-order valence-electron chi connectivity index (χ3n) is 4.74. The van der Waals surface area contributed by atoms with Crippen LogP contribution < -0.4 is 37.7 Å². The van der Waals surface area contributed by atoms with Crippen LogP contribution in [-0.4, -0.2) is 76.9 Å². The van der Waals surface area contributed by atoms with Crippen LogP contribution in [0.25, 0.3) is 0 Å². The number of amides is 1. The Morgan fingerprint density at radius 1 is 1.25 bits per heavy atom. The summed E-state index contributed by atoms with van der Waals surface area (Å²) in [5.41, 5.74) is 6.37. The van der Waals surface area contributed by atoms with Crippen LogP contribution >= 0.6 is 0 Å². The standard InChI is InChI=1S/C19H23N7O6.C3H9S/c20-19-25-15-14(17(30)26-19)23-11(8-22-15)7-21-10-3-1-9(2-4-10)16(29)24-12(18(31)32)5-6-13(27)28;1-4(2)3/h1-4,11-12,21,23H,5-8H2,(H,24,29)(H,27,28)(H,31,32)(H4,20,22,25,26,30);1-3H3/q;+1/p-1. The average molecular weight is 522 g/mol. The van der Waals surface area contributed by atoms with Crippen molar-refractivity contribution in [3.8, 4) is 0 Å². The van der Waals surface area contributed by atoms with Gasteiger partial charge >= 0.3 is 5.97 Å². The van der Waals surface area contributed by atoms with Crippen LogP contribution in [0.2, 0.25) is 0 Å². The van der Waals surface area contributed by atoms with Gasteiger partial charge in [0.05, 0.1) is 24.8 Å². The SMILES string of the molecule is C[S+](C)C.Nc1nc2c(c(=O)[nH]1)NC(CNc1ccc(C(=O)NC(CCC(=O)[O-])C(=O)O)cc1)CN2. The van der Waals surface area contributed by atoms with E-state index in [1.54, 1.807) is 12.1 Å². The number of nitrogen functional groups attached to an aromatic ring is 1. The third-order valence-corrected chi connectivity index (χ3v) is 4.74. The summed E-state index contributed by atoms with van der Waals surface area (Å²) < 4.78 is 0. The first-order valence-corrected chi connectivity index (χ1v) is 13.4. The Hall–Kier alpha value is -3.94. The fourth-order valence-corrected chi connectivity index (χ4v) is 3.09. The van der Waals surface area contributed by atoms with Gasteiger partial charge in [-0.1, -0.05) is 0 Å². The Morgan fingerprint density at radius 2 is 1.89 bits per heavy atom. The summed E-state index contributed by atoms with van der Waals surface area (Å²) in [4.78, 5) is 52.4. The van der Waals surface area contributed by atoms with Gasteiger partial charge in [0.15, 0.2) is 5.82 Å². The van der Waals surface area contributed by atoms with Gasteiger partial charge in [0.1, 0.15) is 11.7 Å². The summed E-state index contributed by atoms with van der Waals surface area (Å²) in [6.07, 6.45) is 5.82. The van der Waals surface area contributed by atoms with Crippen molar-refractivity contribution >= 4 is 51.9 Å². The van der Waals surface area contributed by atoms with Crippen molar-refractivity contribution in [3.63, 3.8) is 0 Å².